The van der Waals surface area contributed by atoms with E-state index in [1.54, 1.807) is 6.92 Å². The summed E-state index contributed by atoms with van der Waals surface area (Å²) in [5.74, 6) is -0.770. The van der Waals surface area contributed by atoms with Crippen molar-refractivity contribution in [1.82, 2.24) is 0 Å². The number of aliphatic carboxylic acids is 1. The van der Waals surface area contributed by atoms with Gasteiger partial charge in [0.15, 0.2) is 0 Å². The molecule has 0 rings (SSSR count). The maximum Gasteiger partial charge on any atom is 0.330 e. The van der Waals surface area contributed by atoms with Crippen molar-refractivity contribution in [2.75, 3.05) is 0 Å². The second kappa shape index (κ2) is 8.51. The van der Waals surface area contributed by atoms with Gasteiger partial charge in [0, 0.05) is 5.57 Å². The van der Waals surface area contributed by atoms with Crippen LogP contribution in [0.25, 0.3) is 0 Å². The molecule has 0 aliphatic rings. The molecule has 100 valence electrons. The van der Waals surface area contributed by atoms with Crippen LogP contribution in [0.3, 0.4) is 0 Å². The highest BCUT2D eigenvalue weighted by Gasteiger charge is 2.18. The minimum atomic E-state index is -1.44. The lowest BCUT2D eigenvalue weighted by Gasteiger charge is -2.18. The molecule has 0 aromatic rings. The van der Waals surface area contributed by atoms with Gasteiger partial charge in [0.25, 0.3) is 0 Å². The maximum absolute atomic E-state index is 10.8. The monoisotopic (exact) mass is 256 g/mol. The van der Waals surface area contributed by atoms with Crippen LogP contribution in [0.1, 0.15) is 52.4 Å². The Morgan fingerprint density at radius 1 is 1.12 bits per heavy atom. The maximum atomic E-state index is 10.8. The zero-order valence-electron chi connectivity index (χ0n) is 11.9. The second-order valence-electron chi connectivity index (χ2n) is 5.64. The van der Waals surface area contributed by atoms with Crippen molar-refractivity contribution in [3.8, 4) is 0 Å². The van der Waals surface area contributed by atoms with Crippen LogP contribution in [0.2, 0.25) is 19.1 Å². The lowest BCUT2D eigenvalue weighted by Crippen LogP contribution is -2.23. The van der Waals surface area contributed by atoms with Crippen molar-refractivity contribution < 1.29 is 9.90 Å². The zero-order chi connectivity index (χ0) is 13.3. The normalized spacial score (nSPS) is 12.8. The van der Waals surface area contributed by atoms with Crippen molar-refractivity contribution >= 4 is 14.0 Å². The van der Waals surface area contributed by atoms with Crippen LogP contribution < -0.4 is 0 Å². The molecule has 2 nitrogen and oxygen atoms in total. The molecule has 1 N–H and O–H groups in total. The first-order valence-corrected chi connectivity index (χ1v) is 10.1. The van der Waals surface area contributed by atoms with Crippen molar-refractivity contribution in [2.45, 2.75) is 71.5 Å². The van der Waals surface area contributed by atoms with E-state index in [1.807, 2.05) is 5.70 Å². The highest BCUT2D eigenvalue weighted by molar-refractivity contribution is 6.82. The smallest absolute Gasteiger partial charge is 0.330 e. The van der Waals surface area contributed by atoms with E-state index in [1.165, 1.54) is 44.6 Å². The Morgan fingerprint density at radius 2 is 1.65 bits per heavy atom. The third-order valence-corrected chi connectivity index (χ3v) is 5.98. The first-order valence-electron chi connectivity index (χ1n) is 6.82. The molecule has 0 unspecified atom stereocenters. The van der Waals surface area contributed by atoms with Gasteiger partial charge in [-0.05, 0) is 6.92 Å². The van der Waals surface area contributed by atoms with E-state index in [2.05, 4.69) is 20.0 Å². The summed E-state index contributed by atoms with van der Waals surface area (Å²) in [4.78, 5) is 10.8. The van der Waals surface area contributed by atoms with Crippen LogP contribution in [-0.4, -0.2) is 19.1 Å². The second-order valence-corrected chi connectivity index (χ2v) is 10.4. The summed E-state index contributed by atoms with van der Waals surface area (Å²) in [6.45, 7) is 8.45. The number of carbonyl (C=O) groups is 1. The Kier molecular flexibility index (Phi) is 8.22. The molecule has 17 heavy (non-hydrogen) atoms. The molecule has 0 amide bonds. The van der Waals surface area contributed by atoms with Gasteiger partial charge in [-0.2, -0.15) is 0 Å². The number of hydrogen-bond donors (Lipinski definition) is 1. The van der Waals surface area contributed by atoms with Gasteiger partial charge >= 0.3 is 5.97 Å². The molecule has 0 fully saturated rings. The lowest BCUT2D eigenvalue weighted by atomic mass is 10.1. The fraction of sp³-hybridized carbons (Fsp3) is 0.786. The molecule has 0 aromatic carbocycles. The Bertz CT molecular complexity index is 257. The predicted octanol–water partition coefficient (Wildman–Crippen LogP) is 4.63. The fourth-order valence-corrected chi connectivity index (χ4v) is 4.68. The number of unbranched alkanes of at least 4 members (excludes halogenated alkanes) is 5. The third-order valence-electron chi connectivity index (χ3n) is 3.12. The number of carboxylic acid groups (broad SMARTS) is 1. The predicted molar refractivity (Wildman–Crippen MR) is 77.1 cm³/mol. The van der Waals surface area contributed by atoms with Crippen molar-refractivity contribution in [3.63, 3.8) is 0 Å². The van der Waals surface area contributed by atoms with Gasteiger partial charge in [0.2, 0.25) is 0 Å². The summed E-state index contributed by atoms with van der Waals surface area (Å²) in [5, 5.41) is 8.87. The van der Waals surface area contributed by atoms with E-state index < -0.39 is 14.0 Å². The molecule has 0 bridgehead atoms. The van der Waals surface area contributed by atoms with Crippen LogP contribution in [0, 0.1) is 0 Å². The molecule has 0 aliphatic heterocycles. The molecular formula is C14H28O2Si. The van der Waals surface area contributed by atoms with E-state index in [4.69, 9.17) is 5.11 Å². The van der Waals surface area contributed by atoms with Crippen LogP contribution in [0.5, 0.6) is 0 Å². The standard InChI is InChI=1S/C14H28O2Si/c1-5-6-7-8-9-10-11-17(3,4)12-13(2)14(15)16/h12H,5-11H2,1-4H3,(H,15,16). The van der Waals surface area contributed by atoms with Gasteiger partial charge < -0.3 is 5.11 Å². The molecular weight excluding hydrogens is 228 g/mol. The molecule has 0 saturated heterocycles. The van der Waals surface area contributed by atoms with E-state index >= 15 is 0 Å². The average Bonchev–Trinajstić information content (AvgIpc) is 2.22. The highest BCUT2D eigenvalue weighted by atomic mass is 28.3. The molecule has 0 saturated carbocycles. The Hall–Kier alpha value is -0.573. The summed E-state index contributed by atoms with van der Waals surface area (Å²) >= 11 is 0. The summed E-state index contributed by atoms with van der Waals surface area (Å²) < 4.78 is 0. The molecule has 0 spiro atoms. The van der Waals surface area contributed by atoms with Crippen molar-refractivity contribution in [1.29, 1.82) is 0 Å². The largest absolute Gasteiger partial charge is 0.478 e. The molecule has 0 atom stereocenters. The fourth-order valence-electron chi connectivity index (χ4n) is 2.08. The van der Waals surface area contributed by atoms with Crippen molar-refractivity contribution in [3.05, 3.63) is 11.3 Å². The van der Waals surface area contributed by atoms with Crippen molar-refractivity contribution in [2.24, 2.45) is 0 Å². The number of rotatable bonds is 9. The van der Waals surface area contributed by atoms with Crippen LogP contribution in [0.4, 0.5) is 0 Å². The van der Waals surface area contributed by atoms with Gasteiger partial charge in [-0.3, -0.25) is 0 Å². The van der Waals surface area contributed by atoms with E-state index in [9.17, 15) is 4.79 Å². The van der Waals surface area contributed by atoms with Crippen LogP contribution in [-0.2, 0) is 4.79 Å². The van der Waals surface area contributed by atoms with Crippen LogP contribution in [0.15, 0.2) is 11.3 Å². The number of hydrogen-bond acceptors (Lipinski definition) is 1. The first kappa shape index (κ1) is 16.4. The van der Waals surface area contributed by atoms with Gasteiger partial charge in [-0.25, -0.2) is 4.79 Å². The molecule has 0 aliphatic carbocycles. The Morgan fingerprint density at radius 3 is 2.18 bits per heavy atom. The first-order chi connectivity index (χ1) is 7.89. The topological polar surface area (TPSA) is 37.3 Å². The minimum absolute atomic E-state index is 0.521. The zero-order valence-corrected chi connectivity index (χ0v) is 12.9. The van der Waals surface area contributed by atoms with E-state index in [0.29, 0.717) is 5.57 Å². The highest BCUT2D eigenvalue weighted by Crippen LogP contribution is 2.18. The van der Waals surface area contributed by atoms with E-state index in [0.717, 1.165) is 0 Å². The molecule has 0 heterocycles. The van der Waals surface area contributed by atoms with Gasteiger partial charge in [0.05, 0.1) is 8.07 Å². The van der Waals surface area contributed by atoms with E-state index in [-0.39, 0.29) is 0 Å². The van der Waals surface area contributed by atoms with Gasteiger partial charge in [-0.15, -0.1) is 0 Å². The molecule has 0 aromatic heterocycles. The quantitative estimate of drug-likeness (QED) is 0.371. The molecule has 0 radical (unpaired) electrons. The summed E-state index contributed by atoms with van der Waals surface area (Å²) in [6, 6.07) is 1.21. The summed E-state index contributed by atoms with van der Waals surface area (Å²) in [6.07, 6.45) is 7.88. The number of carboxylic acids is 1. The third kappa shape index (κ3) is 9.16. The van der Waals surface area contributed by atoms with Gasteiger partial charge in [0.1, 0.15) is 0 Å². The Balaban J connectivity index is 3.86. The van der Waals surface area contributed by atoms with Crippen LogP contribution >= 0.6 is 0 Å². The van der Waals surface area contributed by atoms with Gasteiger partial charge in [-0.1, -0.05) is 70.3 Å². The minimum Gasteiger partial charge on any atom is -0.478 e. The molecule has 3 heteroatoms. The average molecular weight is 256 g/mol. The Labute approximate surface area is 107 Å². The summed E-state index contributed by atoms with van der Waals surface area (Å²) in [7, 11) is -1.44. The SMILES string of the molecule is CCCCCCCC[Si](C)(C)C=C(C)C(=O)O. The summed E-state index contributed by atoms with van der Waals surface area (Å²) in [5.41, 5.74) is 2.55. The lowest BCUT2D eigenvalue weighted by molar-refractivity contribution is -0.132.